The Morgan fingerprint density at radius 3 is 2.71 bits per heavy atom. The molecule has 6 heteroatoms. The quantitative estimate of drug-likeness (QED) is 0.851. The maximum absolute atomic E-state index is 12.7. The van der Waals surface area contributed by atoms with Crippen LogP contribution in [0.1, 0.15) is 35.6 Å². The molecule has 0 aliphatic carbocycles. The van der Waals surface area contributed by atoms with E-state index in [1.807, 2.05) is 17.2 Å². The SMILES string of the molecule is CSCc1ccc(C(=O)N2C[C@@H](CN3CCCCC3)[C@@H](CO)C2)o1. The Morgan fingerprint density at radius 1 is 1.25 bits per heavy atom. The summed E-state index contributed by atoms with van der Waals surface area (Å²) in [5.41, 5.74) is 0. The van der Waals surface area contributed by atoms with E-state index in [9.17, 15) is 9.90 Å². The predicted octanol–water partition coefficient (Wildman–Crippen LogP) is 2.31. The Kier molecular flexibility index (Phi) is 6.25. The summed E-state index contributed by atoms with van der Waals surface area (Å²) in [6, 6.07) is 3.66. The summed E-state index contributed by atoms with van der Waals surface area (Å²) >= 11 is 1.68. The highest BCUT2D eigenvalue weighted by molar-refractivity contribution is 7.97. The number of piperidine rings is 1. The van der Waals surface area contributed by atoms with E-state index in [-0.39, 0.29) is 18.4 Å². The van der Waals surface area contributed by atoms with Crippen molar-refractivity contribution >= 4 is 17.7 Å². The molecule has 1 N–H and O–H groups in total. The average Bonchev–Trinajstić information content (AvgIpc) is 3.22. The van der Waals surface area contributed by atoms with E-state index in [2.05, 4.69) is 4.90 Å². The fraction of sp³-hybridized carbons (Fsp3) is 0.722. The lowest BCUT2D eigenvalue weighted by Gasteiger charge is -2.30. The molecule has 0 saturated carbocycles. The number of thioether (sulfide) groups is 1. The van der Waals surface area contributed by atoms with Crippen LogP contribution in [-0.2, 0) is 5.75 Å². The Morgan fingerprint density at radius 2 is 2.00 bits per heavy atom. The third-order valence-electron chi connectivity index (χ3n) is 5.20. The lowest BCUT2D eigenvalue weighted by molar-refractivity contribution is 0.0745. The largest absolute Gasteiger partial charge is 0.455 e. The van der Waals surface area contributed by atoms with Gasteiger partial charge in [0.1, 0.15) is 5.76 Å². The molecule has 2 atom stereocenters. The molecule has 0 spiro atoms. The van der Waals surface area contributed by atoms with Crippen LogP contribution in [0.5, 0.6) is 0 Å². The Balaban J connectivity index is 1.60. The minimum absolute atomic E-state index is 0.0399. The zero-order valence-corrected chi connectivity index (χ0v) is 15.3. The molecular weight excluding hydrogens is 324 g/mol. The second kappa shape index (κ2) is 8.41. The molecule has 2 saturated heterocycles. The van der Waals surface area contributed by atoms with Gasteiger partial charge in [-0.1, -0.05) is 6.42 Å². The van der Waals surface area contributed by atoms with Crippen LogP contribution in [0, 0.1) is 11.8 Å². The highest BCUT2D eigenvalue weighted by Gasteiger charge is 2.37. The molecule has 2 aliphatic heterocycles. The van der Waals surface area contributed by atoms with Gasteiger partial charge in [-0.25, -0.2) is 0 Å². The number of carbonyl (C=O) groups excluding carboxylic acids is 1. The third kappa shape index (κ3) is 4.16. The Bertz CT molecular complexity index is 542. The van der Waals surface area contributed by atoms with Crippen LogP contribution in [0.4, 0.5) is 0 Å². The first-order valence-electron chi connectivity index (χ1n) is 8.91. The topological polar surface area (TPSA) is 56.9 Å². The summed E-state index contributed by atoms with van der Waals surface area (Å²) in [6.07, 6.45) is 5.88. The zero-order valence-electron chi connectivity index (χ0n) is 14.4. The molecule has 0 radical (unpaired) electrons. The lowest BCUT2D eigenvalue weighted by Crippen LogP contribution is -2.37. The minimum atomic E-state index is -0.0399. The molecule has 3 heterocycles. The summed E-state index contributed by atoms with van der Waals surface area (Å²) in [6.45, 7) is 4.80. The van der Waals surface area contributed by atoms with E-state index in [0.29, 0.717) is 18.2 Å². The Hall–Kier alpha value is -0.980. The smallest absolute Gasteiger partial charge is 0.289 e. The number of amides is 1. The maximum Gasteiger partial charge on any atom is 0.289 e. The lowest BCUT2D eigenvalue weighted by atomic mass is 9.95. The number of rotatable bonds is 6. The van der Waals surface area contributed by atoms with Gasteiger partial charge in [-0.15, -0.1) is 0 Å². The van der Waals surface area contributed by atoms with Gasteiger partial charge in [0.05, 0.1) is 5.75 Å². The van der Waals surface area contributed by atoms with Crippen molar-refractivity contribution in [1.82, 2.24) is 9.80 Å². The number of nitrogens with zero attached hydrogens (tertiary/aromatic N) is 2. The molecule has 5 nitrogen and oxygen atoms in total. The predicted molar refractivity (Wildman–Crippen MR) is 96.2 cm³/mol. The van der Waals surface area contributed by atoms with E-state index in [0.717, 1.165) is 37.7 Å². The number of hydrogen-bond acceptors (Lipinski definition) is 5. The van der Waals surface area contributed by atoms with Crippen molar-refractivity contribution in [2.75, 3.05) is 45.6 Å². The molecule has 1 aromatic heterocycles. The van der Waals surface area contributed by atoms with E-state index in [1.165, 1.54) is 19.3 Å². The molecule has 0 aromatic carbocycles. The van der Waals surface area contributed by atoms with Gasteiger partial charge in [0.2, 0.25) is 0 Å². The van der Waals surface area contributed by atoms with Crippen LogP contribution in [0.25, 0.3) is 0 Å². The first-order valence-corrected chi connectivity index (χ1v) is 10.3. The van der Waals surface area contributed by atoms with Gasteiger partial charge in [-0.3, -0.25) is 4.79 Å². The molecule has 2 aliphatic rings. The third-order valence-corrected chi connectivity index (χ3v) is 5.77. The average molecular weight is 353 g/mol. The summed E-state index contributed by atoms with van der Waals surface area (Å²) in [5.74, 6) is 2.54. The van der Waals surface area contributed by atoms with E-state index < -0.39 is 0 Å². The van der Waals surface area contributed by atoms with Crippen molar-refractivity contribution in [2.24, 2.45) is 11.8 Å². The van der Waals surface area contributed by atoms with E-state index in [1.54, 1.807) is 17.8 Å². The minimum Gasteiger partial charge on any atom is -0.455 e. The summed E-state index contributed by atoms with van der Waals surface area (Å²) < 4.78 is 5.67. The van der Waals surface area contributed by atoms with Crippen LogP contribution in [0.3, 0.4) is 0 Å². The summed E-state index contributed by atoms with van der Waals surface area (Å²) in [5, 5.41) is 9.73. The van der Waals surface area contributed by atoms with Gasteiger partial charge in [-0.05, 0) is 50.2 Å². The van der Waals surface area contributed by atoms with Crippen LogP contribution in [0.2, 0.25) is 0 Å². The van der Waals surface area contributed by atoms with Gasteiger partial charge in [0.25, 0.3) is 5.91 Å². The number of aliphatic hydroxyl groups is 1. The second-order valence-electron chi connectivity index (χ2n) is 6.97. The maximum atomic E-state index is 12.7. The second-order valence-corrected chi connectivity index (χ2v) is 7.84. The van der Waals surface area contributed by atoms with Crippen molar-refractivity contribution in [3.8, 4) is 0 Å². The zero-order chi connectivity index (χ0) is 16.9. The van der Waals surface area contributed by atoms with E-state index >= 15 is 0 Å². The first-order chi connectivity index (χ1) is 11.7. The van der Waals surface area contributed by atoms with Gasteiger partial charge in [0, 0.05) is 32.2 Å². The van der Waals surface area contributed by atoms with Crippen LogP contribution in [-0.4, -0.2) is 66.4 Å². The number of aliphatic hydroxyl groups excluding tert-OH is 1. The number of furan rings is 1. The van der Waals surface area contributed by atoms with Crippen LogP contribution in [0.15, 0.2) is 16.5 Å². The molecule has 2 fully saturated rings. The normalized spacial score (nSPS) is 25.3. The van der Waals surface area contributed by atoms with Gasteiger partial charge in [-0.2, -0.15) is 11.8 Å². The highest BCUT2D eigenvalue weighted by Crippen LogP contribution is 2.27. The van der Waals surface area contributed by atoms with Crippen molar-refractivity contribution in [2.45, 2.75) is 25.0 Å². The van der Waals surface area contributed by atoms with Crippen molar-refractivity contribution < 1.29 is 14.3 Å². The van der Waals surface area contributed by atoms with E-state index in [4.69, 9.17) is 4.42 Å². The standard InChI is InChI=1S/C18H28N2O3S/c1-24-13-16-5-6-17(23-16)18(22)20-10-14(15(11-20)12-21)9-19-7-3-2-4-8-19/h5-6,14-15,21H,2-4,7-13H2,1H3/t14-,15-/m1/s1. The highest BCUT2D eigenvalue weighted by atomic mass is 32.2. The first kappa shape index (κ1) is 17.8. The molecule has 1 amide bonds. The van der Waals surface area contributed by atoms with Crippen LogP contribution >= 0.6 is 11.8 Å². The summed E-state index contributed by atoms with van der Waals surface area (Å²) in [7, 11) is 0. The molecular formula is C18H28N2O3S. The summed E-state index contributed by atoms with van der Waals surface area (Å²) in [4.78, 5) is 17.0. The van der Waals surface area contributed by atoms with Crippen molar-refractivity contribution in [3.63, 3.8) is 0 Å². The fourth-order valence-corrected chi connectivity index (χ4v) is 4.30. The molecule has 3 rings (SSSR count). The number of hydrogen-bond donors (Lipinski definition) is 1. The molecule has 0 unspecified atom stereocenters. The fourth-order valence-electron chi connectivity index (χ4n) is 3.86. The molecule has 0 bridgehead atoms. The Labute approximate surface area is 148 Å². The van der Waals surface area contributed by atoms with Crippen LogP contribution < -0.4 is 0 Å². The van der Waals surface area contributed by atoms with Crippen molar-refractivity contribution in [3.05, 3.63) is 23.7 Å². The van der Waals surface area contributed by atoms with Gasteiger partial charge < -0.3 is 19.3 Å². The number of likely N-dealkylation sites (tertiary alicyclic amines) is 2. The monoisotopic (exact) mass is 352 g/mol. The molecule has 1 aromatic rings. The van der Waals surface area contributed by atoms with Gasteiger partial charge >= 0.3 is 0 Å². The van der Waals surface area contributed by atoms with Gasteiger partial charge in [0.15, 0.2) is 5.76 Å². The number of carbonyl (C=O) groups is 1. The molecule has 134 valence electrons. The van der Waals surface area contributed by atoms with Crippen molar-refractivity contribution in [1.29, 1.82) is 0 Å². The molecule has 24 heavy (non-hydrogen) atoms.